The van der Waals surface area contributed by atoms with Crippen LogP contribution >= 0.6 is 22.6 Å². The quantitative estimate of drug-likeness (QED) is 0.373. The Morgan fingerprint density at radius 1 is 1.12 bits per heavy atom. The van der Waals surface area contributed by atoms with Gasteiger partial charge in [-0.05, 0) is 66.3 Å². The average Bonchev–Trinajstić information content (AvgIpc) is 2.59. The molecule has 136 valence electrons. The summed E-state index contributed by atoms with van der Waals surface area (Å²) in [4.78, 5) is 23.8. The largest absolute Gasteiger partial charge is 0.483 e. The highest BCUT2D eigenvalue weighted by atomic mass is 127. The minimum atomic E-state index is -0.384. The number of hydrogen-bond donors (Lipinski definition) is 2. The normalized spacial score (nSPS) is 11.0. The van der Waals surface area contributed by atoms with Crippen molar-refractivity contribution in [2.45, 2.75) is 20.3 Å². The maximum Gasteiger partial charge on any atom is 0.277 e. The number of nitrogens with zero attached hydrogens (tertiary/aromatic N) is 1. The zero-order valence-electron chi connectivity index (χ0n) is 14.6. The molecule has 0 radical (unpaired) electrons. The first kappa shape index (κ1) is 19.9. The number of para-hydroxylation sites is 1. The second-order valence-corrected chi connectivity index (χ2v) is 6.92. The van der Waals surface area contributed by atoms with Gasteiger partial charge in [-0.15, -0.1) is 0 Å². The minimum Gasteiger partial charge on any atom is -0.483 e. The van der Waals surface area contributed by atoms with Gasteiger partial charge in [-0.2, -0.15) is 5.10 Å². The third kappa shape index (κ3) is 6.83. The van der Waals surface area contributed by atoms with Crippen molar-refractivity contribution in [3.63, 3.8) is 0 Å². The lowest BCUT2D eigenvalue weighted by molar-refractivity contribution is -0.123. The van der Waals surface area contributed by atoms with Gasteiger partial charge in [0, 0.05) is 15.0 Å². The smallest absolute Gasteiger partial charge is 0.277 e. The molecule has 2 amide bonds. The number of hydrazone groups is 1. The van der Waals surface area contributed by atoms with Crippen molar-refractivity contribution in [1.29, 1.82) is 0 Å². The lowest BCUT2D eigenvalue weighted by Crippen LogP contribution is -2.26. The van der Waals surface area contributed by atoms with Crippen molar-refractivity contribution in [3.05, 3.63) is 57.7 Å². The molecule has 2 aromatic rings. The molecule has 0 atom stereocenters. The SMILES string of the molecule is C/C(CC(=O)Nc1cccc(I)c1)=N/NC(=O)COc1ccccc1C. The van der Waals surface area contributed by atoms with Crippen molar-refractivity contribution >= 4 is 45.8 Å². The van der Waals surface area contributed by atoms with Crippen molar-refractivity contribution in [1.82, 2.24) is 5.43 Å². The summed E-state index contributed by atoms with van der Waals surface area (Å²) >= 11 is 2.18. The predicted molar refractivity (Wildman–Crippen MR) is 110 cm³/mol. The molecule has 0 spiro atoms. The summed E-state index contributed by atoms with van der Waals surface area (Å²) in [6.45, 7) is 3.44. The summed E-state index contributed by atoms with van der Waals surface area (Å²) in [6.07, 6.45) is 0.0877. The third-order valence-electron chi connectivity index (χ3n) is 3.35. The Kier molecular flexibility index (Phi) is 7.58. The van der Waals surface area contributed by atoms with Gasteiger partial charge < -0.3 is 10.1 Å². The van der Waals surface area contributed by atoms with E-state index >= 15 is 0 Å². The second-order valence-electron chi connectivity index (χ2n) is 5.67. The molecule has 7 heteroatoms. The molecule has 0 bridgehead atoms. The van der Waals surface area contributed by atoms with Crippen LogP contribution in [0, 0.1) is 10.5 Å². The van der Waals surface area contributed by atoms with Crippen LogP contribution in [0.25, 0.3) is 0 Å². The van der Waals surface area contributed by atoms with E-state index in [1.807, 2.05) is 49.4 Å². The molecule has 2 N–H and O–H groups in total. The Hall–Kier alpha value is -2.42. The van der Waals surface area contributed by atoms with Crippen molar-refractivity contribution in [3.8, 4) is 5.75 Å². The van der Waals surface area contributed by atoms with Gasteiger partial charge >= 0.3 is 0 Å². The van der Waals surface area contributed by atoms with Gasteiger partial charge in [-0.3, -0.25) is 9.59 Å². The number of rotatable bonds is 7. The topological polar surface area (TPSA) is 79.8 Å². The zero-order chi connectivity index (χ0) is 18.9. The number of benzene rings is 2. The van der Waals surface area contributed by atoms with Gasteiger partial charge in [-0.1, -0.05) is 24.3 Å². The van der Waals surface area contributed by atoms with Crippen LogP contribution in [0.3, 0.4) is 0 Å². The van der Waals surface area contributed by atoms with E-state index in [4.69, 9.17) is 4.74 Å². The molecular formula is C19H20IN3O3. The molecule has 0 heterocycles. The molecule has 0 saturated heterocycles. The highest BCUT2D eigenvalue weighted by Crippen LogP contribution is 2.15. The lowest BCUT2D eigenvalue weighted by Gasteiger charge is -2.08. The molecule has 0 aliphatic rings. The number of nitrogens with one attached hydrogen (secondary N) is 2. The molecule has 2 aromatic carbocycles. The van der Waals surface area contributed by atoms with Gasteiger partial charge in [0.1, 0.15) is 5.75 Å². The van der Waals surface area contributed by atoms with E-state index in [0.717, 1.165) is 14.8 Å². The number of hydrogen-bond acceptors (Lipinski definition) is 4. The van der Waals surface area contributed by atoms with Gasteiger partial charge in [0.15, 0.2) is 6.61 Å². The molecule has 0 fully saturated rings. The summed E-state index contributed by atoms with van der Waals surface area (Å²) in [7, 11) is 0. The standard InChI is InChI=1S/C19H20IN3O3/c1-13-6-3-4-9-17(13)26-12-19(25)23-22-14(2)10-18(24)21-16-8-5-7-15(20)11-16/h3-9,11H,10,12H2,1-2H3,(H,21,24)(H,23,25)/b22-14-. The van der Waals surface area contributed by atoms with E-state index in [0.29, 0.717) is 11.5 Å². The van der Waals surface area contributed by atoms with Gasteiger partial charge in [0.25, 0.3) is 5.91 Å². The fraction of sp³-hybridized carbons (Fsp3) is 0.211. The first-order valence-corrected chi connectivity index (χ1v) is 9.08. The van der Waals surface area contributed by atoms with Gasteiger partial charge in [0.05, 0.1) is 6.42 Å². The minimum absolute atomic E-state index is 0.0877. The van der Waals surface area contributed by atoms with E-state index < -0.39 is 0 Å². The summed E-state index contributed by atoms with van der Waals surface area (Å²) in [5, 5.41) is 6.72. The predicted octanol–water partition coefficient (Wildman–Crippen LogP) is 3.50. The molecule has 0 unspecified atom stereocenters. The van der Waals surface area contributed by atoms with Crippen molar-refractivity contribution in [2.75, 3.05) is 11.9 Å². The van der Waals surface area contributed by atoms with Gasteiger partial charge in [-0.25, -0.2) is 5.43 Å². The zero-order valence-corrected chi connectivity index (χ0v) is 16.7. The number of halogens is 1. The van der Waals surface area contributed by atoms with Gasteiger partial charge in [0.2, 0.25) is 5.91 Å². The van der Waals surface area contributed by atoms with Crippen LogP contribution in [-0.2, 0) is 9.59 Å². The Labute approximate surface area is 166 Å². The van der Waals surface area contributed by atoms with E-state index in [1.54, 1.807) is 13.0 Å². The summed E-state index contributed by atoms with van der Waals surface area (Å²) in [6, 6.07) is 14.9. The number of amides is 2. The number of carbonyl (C=O) groups is 2. The highest BCUT2D eigenvalue weighted by Gasteiger charge is 2.07. The van der Waals surface area contributed by atoms with Crippen molar-refractivity contribution in [2.24, 2.45) is 5.10 Å². The number of anilines is 1. The van der Waals surface area contributed by atoms with Crippen molar-refractivity contribution < 1.29 is 14.3 Å². The monoisotopic (exact) mass is 465 g/mol. The third-order valence-corrected chi connectivity index (χ3v) is 4.02. The highest BCUT2D eigenvalue weighted by molar-refractivity contribution is 14.1. The molecular weight excluding hydrogens is 445 g/mol. The molecule has 0 aromatic heterocycles. The van der Waals surface area contributed by atoms with Crippen LogP contribution in [0.2, 0.25) is 0 Å². The maximum atomic E-state index is 12.0. The van der Waals surface area contributed by atoms with Crippen LogP contribution in [0.15, 0.2) is 53.6 Å². The van der Waals surface area contributed by atoms with Crippen LogP contribution in [0.4, 0.5) is 5.69 Å². The lowest BCUT2D eigenvalue weighted by atomic mass is 10.2. The maximum absolute atomic E-state index is 12.0. The number of aryl methyl sites for hydroxylation is 1. The van der Waals surface area contributed by atoms with Crippen LogP contribution in [0.1, 0.15) is 18.9 Å². The molecule has 0 saturated carbocycles. The molecule has 6 nitrogen and oxygen atoms in total. The Balaban J connectivity index is 1.77. The summed E-state index contributed by atoms with van der Waals surface area (Å²) in [5.41, 5.74) is 4.57. The van der Waals surface area contributed by atoms with E-state index in [9.17, 15) is 9.59 Å². The average molecular weight is 465 g/mol. The Morgan fingerprint density at radius 3 is 2.62 bits per heavy atom. The second kappa shape index (κ2) is 9.91. The van der Waals surface area contributed by atoms with E-state index in [-0.39, 0.29) is 24.8 Å². The Bertz CT molecular complexity index is 821. The molecule has 26 heavy (non-hydrogen) atoms. The van der Waals surface area contributed by atoms with Crippen LogP contribution < -0.4 is 15.5 Å². The number of carbonyl (C=O) groups excluding carboxylic acids is 2. The summed E-state index contributed by atoms with van der Waals surface area (Å²) < 4.78 is 6.47. The molecule has 0 aliphatic heterocycles. The van der Waals surface area contributed by atoms with Crippen LogP contribution in [0.5, 0.6) is 5.75 Å². The first-order chi connectivity index (χ1) is 12.4. The Morgan fingerprint density at radius 2 is 1.88 bits per heavy atom. The van der Waals surface area contributed by atoms with E-state index in [2.05, 4.69) is 38.4 Å². The van der Waals surface area contributed by atoms with E-state index in [1.165, 1.54) is 0 Å². The fourth-order valence-corrected chi connectivity index (χ4v) is 2.64. The molecule has 0 aliphatic carbocycles. The summed E-state index contributed by atoms with van der Waals surface area (Å²) in [5.74, 6) is 0.0736. The first-order valence-electron chi connectivity index (χ1n) is 8.00. The number of ether oxygens (including phenoxy) is 1. The fourth-order valence-electron chi connectivity index (χ4n) is 2.10. The molecule has 2 rings (SSSR count). The van der Waals surface area contributed by atoms with Crippen LogP contribution in [-0.4, -0.2) is 24.1 Å².